The molecular formula is C16H24N2O2. The van der Waals surface area contributed by atoms with Gasteiger partial charge in [-0.15, -0.1) is 0 Å². The van der Waals surface area contributed by atoms with E-state index < -0.39 is 5.41 Å². The van der Waals surface area contributed by atoms with Crippen LogP contribution < -0.4 is 10.6 Å². The molecule has 2 rings (SSSR count). The molecule has 4 heteroatoms. The number of nitrogens with zero attached hydrogens (tertiary/aromatic N) is 1. The van der Waals surface area contributed by atoms with Gasteiger partial charge in [0.25, 0.3) is 0 Å². The predicted molar refractivity (Wildman–Crippen MR) is 80.6 cm³/mol. The standard InChI is InChI=1S/C16H24N2O2/c1-12-7-9-16(11-17,10-8-12)15(20)18(2)13-3-5-14(19)6-4-13/h3-6,12,19H,7-11,17H2,1-2H3. The molecule has 3 N–H and O–H groups in total. The first-order chi connectivity index (χ1) is 9.48. The van der Waals surface area contributed by atoms with Gasteiger partial charge in [0.15, 0.2) is 0 Å². The van der Waals surface area contributed by atoms with Crippen molar-refractivity contribution in [3.8, 4) is 5.75 Å². The number of nitrogens with two attached hydrogens (primary N) is 1. The van der Waals surface area contributed by atoms with Crippen molar-refractivity contribution in [1.29, 1.82) is 0 Å². The van der Waals surface area contributed by atoms with E-state index in [4.69, 9.17) is 5.73 Å². The lowest BCUT2D eigenvalue weighted by Gasteiger charge is -2.39. The van der Waals surface area contributed by atoms with Crippen LogP contribution in [0, 0.1) is 11.3 Å². The van der Waals surface area contributed by atoms with Gasteiger partial charge in [-0.2, -0.15) is 0 Å². The molecule has 0 atom stereocenters. The lowest BCUT2D eigenvalue weighted by atomic mass is 9.70. The summed E-state index contributed by atoms with van der Waals surface area (Å²) in [5, 5.41) is 9.33. The van der Waals surface area contributed by atoms with Crippen LogP contribution in [-0.2, 0) is 4.79 Å². The van der Waals surface area contributed by atoms with Crippen LogP contribution >= 0.6 is 0 Å². The summed E-state index contributed by atoms with van der Waals surface area (Å²) in [6, 6.07) is 6.69. The van der Waals surface area contributed by atoms with Crippen molar-refractivity contribution in [2.75, 3.05) is 18.5 Å². The molecular weight excluding hydrogens is 252 g/mol. The Morgan fingerprint density at radius 3 is 2.40 bits per heavy atom. The first-order valence-electron chi connectivity index (χ1n) is 7.26. The maximum absolute atomic E-state index is 12.8. The molecule has 1 aromatic carbocycles. The van der Waals surface area contributed by atoms with E-state index in [1.54, 1.807) is 36.2 Å². The summed E-state index contributed by atoms with van der Waals surface area (Å²) >= 11 is 0. The number of amides is 1. The molecule has 0 bridgehead atoms. The Kier molecular flexibility index (Phi) is 4.33. The maximum Gasteiger partial charge on any atom is 0.234 e. The summed E-state index contributed by atoms with van der Waals surface area (Å²) in [6.07, 6.45) is 3.86. The number of hydrogen-bond acceptors (Lipinski definition) is 3. The third-order valence-corrected chi connectivity index (χ3v) is 4.62. The average molecular weight is 276 g/mol. The van der Waals surface area contributed by atoms with Crippen LogP contribution in [0.3, 0.4) is 0 Å². The van der Waals surface area contributed by atoms with Crippen molar-refractivity contribution >= 4 is 11.6 Å². The highest BCUT2D eigenvalue weighted by Crippen LogP contribution is 2.40. The van der Waals surface area contributed by atoms with Gasteiger partial charge < -0.3 is 15.7 Å². The Morgan fingerprint density at radius 2 is 1.90 bits per heavy atom. The summed E-state index contributed by atoms with van der Waals surface area (Å²) < 4.78 is 0. The number of phenols is 1. The largest absolute Gasteiger partial charge is 0.508 e. The van der Waals surface area contributed by atoms with E-state index in [0.29, 0.717) is 12.5 Å². The van der Waals surface area contributed by atoms with Gasteiger partial charge in [-0.1, -0.05) is 6.92 Å². The van der Waals surface area contributed by atoms with Crippen LogP contribution in [0.5, 0.6) is 5.75 Å². The number of phenolic OH excluding ortho intramolecular Hbond substituents is 1. The minimum Gasteiger partial charge on any atom is -0.508 e. The molecule has 1 saturated carbocycles. The lowest BCUT2D eigenvalue weighted by Crippen LogP contribution is -2.48. The summed E-state index contributed by atoms with van der Waals surface area (Å²) in [6.45, 7) is 2.63. The minimum absolute atomic E-state index is 0.0950. The van der Waals surface area contributed by atoms with Crippen molar-refractivity contribution < 1.29 is 9.90 Å². The summed E-state index contributed by atoms with van der Waals surface area (Å²) in [7, 11) is 1.78. The van der Waals surface area contributed by atoms with Gasteiger partial charge in [-0.3, -0.25) is 4.79 Å². The first kappa shape index (κ1) is 14.9. The Hall–Kier alpha value is -1.55. The molecule has 0 saturated heterocycles. The molecule has 0 aromatic heterocycles. The van der Waals surface area contributed by atoms with E-state index in [2.05, 4.69) is 6.92 Å². The Labute approximate surface area is 120 Å². The molecule has 0 radical (unpaired) electrons. The van der Waals surface area contributed by atoms with Gasteiger partial charge in [-0.25, -0.2) is 0 Å². The number of carbonyl (C=O) groups is 1. The SMILES string of the molecule is CC1CCC(CN)(C(=O)N(C)c2ccc(O)cc2)CC1. The second-order valence-electron chi connectivity index (χ2n) is 6.05. The zero-order valence-electron chi connectivity index (χ0n) is 12.3. The molecule has 0 spiro atoms. The lowest BCUT2D eigenvalue weighted by molar-refractivity contribution is -0.129. The second-order valence-corrected chi connectivity index (χ2v) is 6.05. The van der Waals surface area contributed by atoms with Crippen LogP contribution in [0.25, 0.3) is 0 Å². The molecule has 1 amide bonds. The third-order valence-electron chi connectivity index (χ3n) is 4.62. The van der Waals surface area contributed by atoms with Gasteiger partial charge in [0.05, 0.1) is 5.41 Å². The van der Waals surface area contributed by atoms with Crippen LogP contribution in [0.2, 0.25) is 0 Å². The fourth-order valence-electron chi connectivity index (χ4n) is 2.97. The normalized spacial score (nSPS) is 26.2. The second kappa shape index (κ2) is 5.83. The molecule has 1 aromatic rings. The zero-order chi connectivity index (χ0) is 14.8. The topological polar surface area (TPSA) is 66.6 Å². The fraction of sp³-hybridized carbons (Fsp3) is 0.562. The van der Waals surface area contributed by atoms with Gasteiger partial charge in [-0.05, 0) is 55.9 Å². The molecule has 4 nitrogen and oxygen atoms in total. The van der Waals surface area contributed by atoms with Crippen molar-refractivity contribution in [2.24, 2.45) is 17.1 Å². The third kappa shape index (κ3) is 2.80. The number of aromatic hydroxyl groups is 1. The van der Waals surface area contributed by atoms with E-state index in [1.165, 1.54) is 0 Å². The summed E-state index contributed by atoms with van der Waals surface area (Å²) in [5.74, 6) is 0.980. The number of carbonyl (C=O) groups excluding carboxylic acids is 1. The Balaban J connectivity index is 2.18. The Morgan fingerprint density at radius 1 is 1.35 bits per heavy atom. The highest BCUT2D eigenvalue weighted by Gasteiger charge is 2.41. The van der Waals surface area contributed by atoms with E-state index in [1.807, 2.05) is 0 Å². The van der Waals surface area contributed by atoms with Crippen molar-refractivity contribution in [3.05, 3.63) is 24.3 Å². The molecule has 1 aliphatic carbocycles. The molecule has 1 fully saturated rings. The van der Waals surface area contributed by atoms with Crippen molar-refractivity contribution in [2.45, 2.75) is 32.6 Å². The molecule has 0 heterocycles. The number of benzene rings is 1. The smallest absolute Gasteiger partial charge is 0.234 e. The van der Waals surface area contributed by atoms with Crippen LogP contribution in [0.15, 0.2) is 24.3 Å². The van der Waals surface area contributed by atoms with Gasteiger partial charge in [0.1, 0.15) is 5.75 Å². The summed E-state index contributed by atoms with van der Waals surface area (Å²) in [4.78, 5) is 14.5. The van der Waals surface area contributed by atoms with Gasteiger partial charge in [0.2, 0.25) is 5.91 Å². The highest BCUT2D eigenvalue weighted by molar-refractivity contribution is 5.97. The van der Waals surface area contributed by atoms with Gasteiger partial charge in [0, 0.05) is 19.3 Å². The van der Waals surface area contributed by atoms with E-state index in [-0.39, 0.29) is 11.7 Å². The van der Waals surface area contributed by atoms with Crippen LogP contribution in [-0.4, -0.2) is 24.6 Å². The molecule has 0 unspecified atom stereocenters. The molecule has 20 heavy (non-hydrogen) atoms. The number of hydrogen-bond donors (Lipinski definition) is 2. The highest BCUT2D eigenvalue weighted by atomic mass is 16.3. The molecule has 1 aliphatic rings. The van der Waals surface area contributed by atoms with E-state index >= 15 is 0 Å². The van der Waals surface area contributed by atoms with Gasteiger partial charge >= 0.3 is 0 Å². The number of anilines is 1. The zero-order valence-corrected chi connectivity index (χ0v) is 12.3. The number of rotatable bonds is 3. The molecule has 0 aliphatic heterocycles. The molecule has 110 valence electrons. The predicted octanol–water partition coefficient (Wildman–Crippen LogP) is 2.51. The van der Waals surface area contributed by atoms with Crippen molar-refractivity contribution in [3.63, 3.8) is 0 Å². The summed E-state index contributed by atoms with van der Waals surface area (Å²) in [5.41, 5.74) is 6.31. The first-order valence-corrected chi connectivity index (χ1v) is 7.26. The maximum atomic E-state index is 12.8. The van der Waals surface area contributed by atoms with E-state index in [9.17, 15) is 9.90 Å². The quantitative estimate of drug-likeness (QED) is 0.891. The average Bonchev–Trinajstić information content (AvgIpc) is 2.48. The monoisotopic (exact) mass is 276 g/mol. The van der Waals surface area contributed by atoms with Crippen LogP contribution in [0.1, 0.15) is 32.6 Å². The fourth-order valence-corrected chi connectivity index (χ4v) is 2.97. The van der Waals surface area contributed by atoms with Crippen molar-refractivity contribution in [1.82, 2.24) is 0 Å². The van der Waals surface area contributed by atoms with Crippen LogP contribution in [0.4, 0.5) is 5.69 Å². The van der Waals surface area contributed by atoms with E-state index in [0.717, 1.165) is 31.4 Å². The Bertz CT molecular complexity index is 462. The minimum atomic E-state index is -0.418.